The number of halogens is 1. The maximum absolute atomic E-state index is 12.3. The Hall–Kier alpha value is -1.96. The Bertz CT molecular complexity index is 668. The summed E-state index contributed by atoms with van der Waals surface area (Å²) in [5, 5.41) is 14.5. The zero-order valence-corrected chi connectivity index (χ0v) is 14.5. The quantitative estimate of drug-likeness (QED) is 0.860. The number of nitrogens with one attached hydrogen (secondary N) is 2. The molecule has 1 amide bonds. The molecular weight excluding hydrogens is 330 g/mol. The molecule has 0 spiro atoms. The number of para-hydroxylation sites is 1. The lowest BCUT2D eigenvalue weighted by molar-refractivity contribution is -0.136. The summed E-state index contributed by atoms with van der Waals surface area (Å²) in [4.78, 5) is 12.3. The van der Waals surface area contributed by atoms with E-state index in [0.29, 0.717) is 18.8 Å². The molecule has 130 valence electrons. The van der Waals surface area contributed by atoms with E-state index in [9.17, 15) is 4.79 Å². The summed E-state index contributed by atoms with van der Waals surface area (Å²) >= 11 is 0. The first-order valence-corrected chi connectivity index (χ1v) is 7.69. The molecule has 1 aliphatic rings. The smallest absolute Gasteiger partial charge is 0.251 e. The topological polar surface area (TPSA) is 81.1 Å². The number of hydrogen-bond donors (Lipinski definition) is 2. The van der Waals surface area contributed by atoms with E-state index in [1.54, 1.807) is 4.68 Å². The van der Waals surface area contributed by atoms with Gasteiger partial charge in [0.15, 0.2) is 0 Å². The standard InChI is InChI=1S/C16H21N5O2.ClH/c1-16(2,18-15(22)13-10-17-8-9-23-13)14-11-21(20-19-14)12-6-4-3-5-7-12;/h3-7,11,13,17H,8-10H2,1-2H3,(H,18,22);1H. The molecule has 8 heteroatoms. The van der Waals surface area contributed by atoms with Crippen LogP contribution in [0.5, 0.6) is 0 Å². The largest absolute Gasteiger partial charge is 0.366 e. The van der Waals surface area contributed by atoms with Crippen molar-refractivity contribution in [3.8, 4) is 5.69 Å². The van der Waals surface area contributed by atoms with Crippen LogP contribution < -0.4 is 10.6 Å². The molecule has 0 radical (unpaired) electrons. The highest BCUT2D eigenvalue weighted by Crippen LogP contribution is 2.19. The third-order valence-electron chi connectivity index (χ3n) is 3.81. The molecule has 1 unspecified atom stereocenters. The van der Waals surface area contributed by atoms with Crippen LogP contribution in [-0.2, 0) is 15.1 Å². The van der Waals surface area contributed by atoms with Crippen molar-refractivity contribution in [3.05, 3.63) is 42.2 Å². The van der Waals surface area contributed by atoms with Crippen molar-refractivity contribution in [2.75, 3.05) is 19.7 Å². The maximum atomic E-state index is 12.3. The minimum absolute atomic E-state index is 0. The molecular formula is C16H22ClN5O2. The van der Waals surface area contributed by atoms with E-state index < -0.39 is 11.6 Å². The minimum atomic E-state index is -0.634. The number of nitrogens with zero attached hydrogens (tertiary/aromatic N) is 3. The summed E-state index contributed by atoms with van der Waals surface area (Å²) in [5.74, 6) is -0.142. The molecule has 24 heavy (non-hydrogen) atoms. The van der Waals surface area contributed by atoms with Crippen LogP contribution >= 0.6 is 12.4 Å². The highest BCUT2D eigenvalue weighted by atomic mass is 35.5. The van der Waals surface area contributed by atoms with Gasteiger partial charge in [-0.15, -0.1) is 17.5 Å². The van der Waals surface area contributed by atoms with Crippen LogP contribution in [0.4, 0.5) is 0 Å². The number of ether oxygens (including phenoxy) is 1. The van der Waals surface area contributed by atoms with Crippen LogP contribution in [0, 0.1) is 0 Å². The van der Waals surface area contributed by atoms with E-state index in [1.807, 2.05) is 50.4 Å². The summed E-state index contributed by atoms with van der Waals surface area (Å²) in [5.41, 5.74) is 0.983. The molecule has 7 nitrogen and oxygen atoms in total. The van der Waals surface area contributed by atoms with Gasteiger partial charge in [0.05, 0.1) is 24.0 Å². The minimum Gasteiger partial charge on any atom is -0.366 e. The van der Waals surface area contributed by atoms with Crippen LogP contribution in [0.15, 0.2) is 36.5 Å². The van der Waals surface area contributed by atoms with Gasteiger partial charge in [-0.3, -0.25) is 4.79 Å². The van der Waals surface area contributed by atoms with Gasteiger partial charge >= 0.3 is 0 Å². The van der Waals surface area contributed by atoms with Crippen LogP contribution in [-0.4, -0.2) is 46.7 Å². The summed E-state index contributed by atoms with van der Waals surface area (Å²) in [7, 11) is 0. The predicted molar refractivity (Wildman–Crippen MR) is 92.4 cm³/mol. The molecule has 2 heterocycles. The Morgan fingerprint density at radius 1 is 1.38 bits per heavy atom. The van der Waals surface area contributed by atoms with Gasteiger partial charge in [0.2, 0.25) is 0 Å². The average molecular weight is 352 g/mol. The molecule has 0 bridgehead atoms. The van der Waals surface area contributed by atoms with Crippen LogP contribution in [0.2, 0.25) is 0 Å². The van der Waals surface area contributed by atoms with Gasteiger partial charge in [0, 0.05) is 13.1 Å². The molecule has 1 saturated heterocycles. The highest BCUT2D eigenvalue weighted by molar-refractivity contribution is 5.85. The van der Waals surface area contributed by atoms with Crippen molar-refractivity contribution >= 4 is 18.3 Å². The monoisotopic (exact) mass is 351 g/mol. The van der Waals surface area contributed by atoms with Crippen LogP contribution in [0.25, 0.3) is 5.69 Å². The molecule has 1 atom stereocenters. The number of carbonyl (C=O) groups excluding carboxylic acids is 1. The van der Waals surface area contributed by atoms with Crippen molar-refractivity contribution in [2.45, 2.75) is 25.5 Å². The van der Waals surface area contributed by atoms with E-state index in [0.717, 1.165) is 12.2 Å². The van der Waals surface area contributed by atoms with E-state index in [4.69, 9.17) is 4.74 Å². The van der Waals surface area contributed by atoms with Crippen LogP contribution in [0.3, 0.4) is 0 Å². The Balaban J connectivity index is 0.00000208. The van der Waals surface area contributed by atoms with Crippen molar-refractivity contribution < 1.29 is 9.53 Å². The van der Waals surface area contributed by atoms with Crippen LogP contribution in [0.1, 0.15) is 19.5 Å². The van der Waals surface area contributed by atoms with E-state index >= 15 is 0 Å². The molecule has 2 aromatic rings. The SMILES string of the molecule is CC(C)(NC(=O)C1CNCCO1)c1cn(-c2ccccc2)nn1.Cl. The number of aromatic nitrogens is 3. The Kier molecular flexibility index (Phi) is 5.93. The first kappa shape index (κ1) is 18.4. The summed E-state index contributed by atoms with van der Waals surface area (Å²) in [6.45, 7) is 5.65. The molecule has 2 N–H and O–H groups in total. The number of amides is 1. The second kappa shape index (κ2) is 7.74. The van der Waals surface area contributed by atoms with Gasteiger partial charge in [0.25, 0.3) is 5.91 Å². The first-order chi connectivity index (χ1) is 11.1. The summed E-state index contributed by atoms with van der Waals surface area (Å²) < 4.78 is 7.18. The number of rotatable bonds is 4. The Morgan fingerprint density at radius 3 is 2.79 bits per heavy atom. The summed E-state index contributed by atoms with van der Waals surface area (Å²) in [6, 6.07) is 9.73. The second-order valence-corrected chi connectivity index (χ2v) is 6.06. The predicted octanol–water partition coefficient (Wildman–Crippen LogP) is 1.03. The number of benzene rings is 1. The number of carbonyl (C=O) groups is 1. The van der Waals surface area contributed by atoms with Crippen molar-refractivity contribution in [2.24, 2.45) is 0 Å². The summed E-state index contributed by atoms with van der Waals surface area (Å²) in [6.07, 6.45) is 1.36. The van der Waals surface area contributed by atoms with Gasteiger partial charge in [-0.1, -0.05) is 23.4 Å². The van der Waals surface area contributed by atoms with Gasteiger partial charge in [-0.25, -0.2) is 4.68 Å². The molecule has 1 aromatic carbocycles. The molecule has 0 saturated carbocycles. The van der Waals surface area contributed by atoms with Gasteiger partial charge in [0.1, 0.15) is 11.8 Å². The van der Waals surface area contributed by atoms with E-state index in [1.165, 1.54) is 0 Å². The fraction of sp³-hybridized carbons (Fsp3) is 0.438. The average Bonchev–Trinajstić information content (AvgIpc) is 3.07. The zero-order chi connectivity index (χ0) is 16.3. The molecule has 1 aromatic heterocycles. The normalized spacial score (nSPS) is 17.8. The third-order valence-corrected chi connectivity index (χ3v) is 3.81. The van der Waals surface area contributed by atoms with Crippen molar-refractivity contribution in [1.82, 2.24) is 25.6 Å². The highest BCUT2D eigenvalue weighted by Gasteiger charge is 2.31. The van der Waals surface area contributed by atoms with E-state index in [2.05, 4.69) is 20.9 Å². The third kappa shape index (κ3) is 4.11. The molecule has 3 rings (SSSR count). The first-order valence-electron chi connectivity index (χ1n) is 7.69. The van der Waals surface area contributed by atoms with Gasteiger partial charge in [-0.05, 0) is 26.0 Å². The lowest BCUT2D eigenvalue weighted by Gasteiger charge is -2.28. The fourth-order valence-electron chi connectivity index (χ4n) is 2.44. The number of hydrogen-bond acceptors (Lipinski definition) is 5. The fourth-order valence-corrected chi connectivity index (χ4v) is 2.44. The van der Waals surface area contributed by atoms with E-state index in [-0.39, 0.29) is 18.3 Å². The maximum Gasteiger partial charge on any atom is 0.251 e. The second-order valence-electron chi connectivity index (χ2n) is 6.06. The zero-order valence-electron chi connectivity index (χ0n) is 13.7. The molecule has 0 aliphatic carbocycles. The Morgan fingerprint density at radius 2 is 2.12 bits per heavy atom. The lowest BCUT2D eigenvalue weighted by Crippen LogP contribution is -2.52. The van der Waals surface area contributed by atoms with Crippen molar-refractivity contribution in [3.63, 3.8) is 0 Å². The lowest BCUT2D eigenvalue weighted by atomic mass is 10.0. The van der Waals surface area contributed by atoms with Gasteiger partial charge in [-0.2, -0.15) is 0 Å². The van der Waals surface area contributed by atoms with Gasteiger partial charge < -0.3 is 15.4 Å². The molecule has 1 fully saturated rings. The van der Waals surface area contributed by atoms with Crippen molar-refractivity contribution in [1.29, 1.82) is 0 Å². The Labute approximate surface area is 147 Å². The molecule has 1 aliphatic heterocycles. The number of morpholine rings is 1.